The second-order valence-electron chi connectivity index (χ2n) is 4.83. The summed E-state index contributed by atoms with van der Waals surface area (Å²) in [5.41, 5.74) is 8.57. The van der Waals surface area contributed by atoms with Gasteiger partial charge in [-0.2, -0.15) is 0 Å². The molecule has 7 heteroatoms. The molecule has 0 saturated heterocycles. The molecule has 120 valence electrons. The summed E-state index contributed by atoms with van der Waals surface area (Å²) in [4.78, 5) is 23.3. The van der Waals surface area contributed by atoms with E-state index in [2.05, 4.69) is 5.32 Å². The van der Waals surface area contributed by atoms with E-state index in [1.54, 1.807) is 36.4 Å². The Morgan fingerprint density at radius 1 is 1.13 bits per heavy atom. The largest absolute Gasteiger partial charge is 0.339 e. The van der Waals surface area contributed by atoms with E-state index in [-0.39, 0.29) is 12.4 Å². The standard InChI is InChI=1S/C16H16FN3O3/c17-13-3-1-2-12(8-13)10-4-6-11(7-5-10)15(21)19-14(9-18)16(22)20-23/h1-8,14,23H,9,18H2,(H,19,21)(H,20,22)/t14-/m0/s1. The van der Waals surface area contributed by atoms with Crippen LogP contribution >= 0.6 is 0 Å². The van der Waals surface area contributed by atoms with Gasteiger partial charge in [0.25, 0.3) is 11.8 Å². The Bertz CT molecular complexity index is 704. The molecule has 2 rings (SSSR count). The zero-order chi connectivity index (χ0) is 16.8. The minimum absolute atomic E-state index is 0.153. The molecule has 0 bridgehead atoms. The minimum atomic E-state index is -1.03. The summed E-state index contributed by atoms with van der Waals surface area (Å²) in [6, 6.07) is 11.5. The van der Waals surface area contributed by atoms with Crippen molar-refractivity contribution in [2.75, 3.05) is 6.54 Å². The van der Waals surface area contributed by atoms with E-state index in [9.17, 15) is 14.0 Å². The Labute approximate surface area is 132 Å². The molecule has 5 N–H and O–H groups in total. The van der Waals surface area contributed by atoms with Gasteiger partial charge in [0.15, 0.2) is 0 Å². The van der Waals surface area contributed by atoms with Crippen molar-refractivity contribution >= 4 is 11.8 Å². The minimum Gasteiger partial charge on any atom is -0.339 e. The molecule has 6 nitrogen and oxygen atoms in total. The number of halogens is 1. The van der Waals surface area contributed by atoms with Gasteiger partial charge in [0.05, 0.1) is 0 Å². The van der Waals surface area contributed by atoms with Gasteiger partial charge in [-0.3, -0.25) is 14.8 Å². The van der Waals surface area contributed by atoms with Crippen molar-refractivity contribution in [3.63, 3.8) is 0 Å². The lowest BCUT2D eigenvalue weighted by Gasteiger charge is -2.14. The summed E-state index contributed by atoms with van der Waals surface area (Å²) in [6.45, 7) is -0.153. The quantitative estimate of drug-likeness (QED) is 0.489. The molecule has 0 radical (unpaired) electrons. The lowest BCUT2D eigenvalue weighted by atomic mass is 10.0. The summed E-state index contributed by atoms with van der Waals surface area (Å²) in [5, 5.41) is 11.0. The van der Waals surface area contributed by atoms with Gasteiger partial charge in [0.1, 0.15) is 11.9 Å². The van der Waals surface area contributed by atoms with Crippen molar-refractivity contribution in [1.82, 2.24) is 10.8 Å². The molecule has 23 heavy (non-hydrogen) atoms. The van der Waals surface area contributed by atoms with E-state index < -0.39 is 17.9 Å². The molecule has 1 atom stereocenters. The molecule has 0 aliphatic carbocycles. The number of nitrogens with two attached hydrogens (primary N) is 1. The predicted octanol–water partition coefficient (Wildman–Crippen LogP) is 1.06. The first-order chi connectivity index (χ1) is 11.0. The maximum absolute atomic E-state index is 13.2. The monoisotopic (exact) mass is 317 g/mol. The van der Waals surface area contributed by atoms with Crippen LogP contribution in [0.1, 0.15) is 10.4 Å². The van der Waals surface area contributed by atoms with E-state index in [0.29, 0.717) is 11.1 Å². The first kappa shape index (κ1) is 16.6. The number of carbonyl (C=O) groups excluding carboxylic acids is 2. The smallest absolute Gasteiger partial charge is 0.267 e. The predicted molar refractivity (Wildman–Crippen MR) is 82.1 cm³/mol. The van der Waals surface area contributed by atoms with Gasteiger partial charge in [-0.25, -0.2) is 9.87 Å². The van der Waals surface area contributed by atoms with Crippen molar-refractivity contribution in [3.8, 4) is 11.1 Å². The van der Waals surface area contributed by atoms with Crippen LogP contribution < -0.4 is 16.5 Å². The molecule has 0 aliphatic heterocycles. The maximum atomic E-state index is 13.2. The SMILES string of the molecule is NC[C@H](NC(=O)c1ccc(-c2cccc(F)c2)cc1)C(=O)NO. The second kappa shape index (κ2) is 7.48. The fourth-order valence-electron chi connectivity index (χ4n) is 2.03. The summed E-state index contributed by atoms with van der Waals surface area (Å²) >= 11 is 0. The number of hydroxylamine groups is 1. The van der Waals surface area contributed by atoms with E-state index in [0.717, 1.165) is 5.56 Å². The number of amides is 2. The maximum Gasteiger partial charge on any atom is 0.267 e. The normalized spacial score (nSPS) is 11.6. The summed E-state index contributed by atoms with van der Waals surface area (Å²) in [5.74, 6) is -1.64. The zero-order valence-electron chi connectivity index (χ0n) is 12.1. The Balaban J connectivity index is 2.13. The van der Waals surface area contributed by atoms with Crippen LogP contribution in [0.4, 0.5) is 4.39 Å². The van der Waals surface area contributed by atoms with Crippen LogP contribution in [0, 0.1) is 5.82 Å². The van der Waals surface area contributed by atoms with Crippen LogP contribution in [0.25, 0.3) is 11.1 Å². The van der Waals surface area contributed by atoms with E-state index >= 15 is 0 Å². The molecule has 0 saturated carbocycles. The van der Waals surface area contributed by atoms with E-state index in [4.69, 9.17) is 10.9 Å². The summed E-state index contributed by atoms with van der Waals surface area (Å²) in [6.07, 6.45) is 0. The van der Waals surface area contributed by atoms with Crippen molar-refractivity contribution in [3.05, 3.63) is 59.9 Å². The summed E-state index contributed by atoms with van der Waals surface area (Å²) in [7, 11) is 0. The van der Waals surface area contributed by atoms with Gasteiger partial charge in [-0.15, -0.1) is 0 Å². The highest BCUT2D eigenvalue weighted by Gasteiger charge is 2.19. The molecule has 2 aromatic rings. The lowest BCUT2D eigenvalue weighted by molar-refractivity contribution is -0.130. The molecule has 0 unspecified atom stereocenters. The molecular weight excluding hydrogens is 301 g/mol. The molecule has 0 aromatic heterocycles. The first-order valence-corrected chi connectivity index (χ1v) is 6.86. The molecular formula is C16H16FN3O3. The highest BCUT2D eigenvalue weighted by Crippen LogP contribution is 2.20. The fraction of sp³-hybridized carbons (Fsp3) is 0.125. The Morgan fingerprint density at radius 2 is 1.83 bits per heavy atom. The second-order valence-corrected chi connectivity index (χ2v) is 4.83. The third-order valence-electron chi connectivity index (χ3n) is 3.27. The van der Waals surface area contributed by atoms with Gasteiger partial charge in [-0.05, 0) is 35.4 Å². The van der Waals surface area contributed by atoms with Gasteiger partial charge >= 0.3 is 0 Å². The Hall–Kier alpha value is -2.77. The molecule has 2 amide bonds. The van der Waals surface area contributed by atoms with Gasteiger partial charge < -0.3 is 11.1 Å². The highest BCUT2D eigenvalue weighted by molar-refractivity contribution is 5.97. The van der Waals surface area contributed by atoms with Crippen LogP contribution in [0.3, 0.4) is 0 Å². The summed E-state index contributed by atoms with van der Waals surface area (Å²) < 4.78 is 13.2. The number of nitrogens with one attached hydrogen (secondary N) is 2. The highest BCUT2D eigenvalue weighted by atomic mass is 19.1. The van der Waals surface area contributed by atoms with Crippen LogP contribution in [0.2, 0.25) is 0 Å². The number of hydrogen-bond donors (Lipinski definition) is 4. The number of hydrogen-bond acceptors (Lipinski definition) is 4. The third kappa shape index (κ3) is 4.12. The number of rotatable bonds is 5. The van der Waals surface area contributed by atoms with Crippen molar-refractivity contribution in [1.29, 1.82) is 0 Å². The average molecular weight is 317 g/mol. The van der Waals surface area contributed by atoms with Gasteiger partial charge in [0, 0.05) is 12.1 Å². The number of benzene rings is 2. The van der Waals surface area contributed by atoms with Crippen molar-refractivity contribution in [2.24, 2.45) is 5.73 Å². The first-order valence-electron chi connectivity index (χ1n) is 6.86. The third-order valence-corrected chi connectivity index (χ3v) is 3.27. The number of carbonyl (C=O) groups is 2. The zero-order valence-corrected chi connectivity index (χ0v) is 12.1. The van der Waals surface area contributed by atoms with Crippen molar-refractivity contribution < 1.29 is 19.2 Å². The van der Waals surface area contributed by atoms with E-state index in [1.807, 2.05) is 0 Å². The molecule has 0 heterocycles. The van der Waals surface area contributed by atoms with Gasteiger partial charge in [-0.1, -0.05) is 24.3 Å². The molecule has 0 aliphatic rings. The van der Waals surface area contributed by atoms with Crippen LogP contribution in [0.5, 0.6) is 0 Å². The van der Waals surface area contributed by atoms with E-state index in [1.165, 1.54) is 17.6 Å². The van der Waals surface area contributed by atoms with Gasteiger partial charge in [0.2, 0.25) is 0 Å². The Kier molecular flexibility index (Phi) is 5.40. The Morgan fingerprint density at radius 3 is 2.39 bits per heavy atom. The van der Waals surface area contributed by atoms with Crippen LogP contribution in [0.15, 0.2) is 48.5 Å². The topological polar surface area (TPSA) is 104 Å². The van der Waals surface area contributed by atoms with Crippen molar-refractivity contribution in [2.45, 2.75) is 6.04 Å². The molecule has 2 aromatic carbocycles. The van der Waals surface area contributed by atoms with Crippen LogP contribution in [-0.4, -0.2) is 29.6 Å². The molecule has 0 spiro atoms. The fourth-order valence-corrected chi connectivity index (χ4v) is 2.03. The average Bonchev–Trinajstić information content (AvgIpc) is 2.59. The lowest BCUT2D eigenvalue weighted by Crippen LogP contribution is -2.50. The van der Waals surface area contributed by atoms with Crippen LogP contribution in [-0.2, 0) is 4.79 Å². The molecule has 0 fully saturated rings.